The van der Waals surface area contributed by atoms with Gasteiger partial charge in [0.05, 0.1) is 7.11 Å². The average molecular weight is 288 g/mol. The fourth-order valence-corrected chi connectivity index (χ4v) is 3.02. The molecule has 1 aliphatic rings. The van der Waals surface area contributed by atoms with Gasteiger partial charge in [-0.1, -0.05) is 29.8 Å². The summed E-state index contributed by atoms with van der Waals surface area (Å²) >= 11 is 6.10. The molecule has 1 aliphatic heterocycles. The first-order valence-corrected chi connectivity index (χ1v) is 7.31. The summed E-state index contributed by atoms with van der Waals surface area (Å²) in [6, 6.07) is 14.8. The number of hydrogen-bond donors (Lipinski definition) is 1. The summed E-state index contributed by atoms with van der Waals surface area (Å²) in [6.45, 7) is 0. The molecular weight excluding hydrogens is 270 g/mol. The Kier molecular flexibility index (Phi) is 3.83. The molecule has 0 amide bonds. The molecule has 0 aromatic heterocycles. The third-order valence-corrected chi connectivity index (χ3v) is 4.08. The van der Waals surface area contributed by atoms with Crippen molar-refractivity contribution in [3.63, 3.8) is 0 Å². The van der Waals surface area contributed by atoms with Crippen LogP contribution in [0, 0.1) is 0 Å². The lowest BCUT2D eigenvalue weighted by molar-refractivity contribution is 0.407. The molecule has 1 N–H and O–H groups in total. The number of benzene rings is 2. The van der Waals surface area contributed by atoms with Crippen LogP contribution in [0.3, 0.4) is 0 Å². The Hall–Kier alpha value is -1.67. The van der Waals surface area contributed by atoms with Gasteiger partial charge < -0.3 is 10.1 Å². The second kappa shape index (κ2) is 5.76. The number of para-hydroxylation sites is 1. The van der Waals surface area contributed by atoms with E-state index in [-0.39, 0.29) is 0 Å². The van der Waals surface area contributed by atoms with Gasteiger partial charge in [-0.3, -0.25) is 0 Å². The highest BCUT2D eigenvalue weighted by Gasteiger charge is 2.19. The largest absolute Gasteiger partial charge is 0.496 e. The van der Waals surface area contributed by atoms with Crippen LogP contribution in [0.2, 0.25) is 5.02 Å². The van der Waals surface area contributed by atoms with Crippen molar-refractivity contribution in [3.8, 4) is 5.75 Å². The smallest absolute Gasteiger partial charge is 0.122 e. The maximum Gasteiger partial charge on any atom is 0.122 e. The molecule has 0 fully saturated rings. The van der Waals surface area contributed by atoms with E-state index in [1.165, 1.54) is 11.3 Å². The number of rotatable bonds is 3. The van der Waals surface area contributed by atoms with Crippen molar-refractivity contribution in [1.29, 1.82) is 0 Å². The van der Waals surface area contributed by atoms with Crippen LogP contribution in [0.5, 0.6) is 5.75 Å². The minimum Gasteiger partial charge on any atom is -0.496 e. The number of halogens is 1. The molecule has 1 atom stereocenters. The fraction of sp³-hybridized carbons (Fsp3) is 0.294. The van der Waals surface area contributed by atoms with E-state index < -0.39 is 0 Å². The van der Waals surface area contributed by atoms with Gasteiger partial charge in [0.15, 0.2) is 0 Å². The third kappa shape index (κ3) is 2.75. The van der Waals surface area contributed by atoms with Crippen LogP contribution in [-0.4, -0.2) is 13.2 Å². The van der Waals surface area contributed by atoms with Gasteiger partial charge in [-0.2, -0.15) is 0 Å². The standard InChI is InChI=1S/C17H18ClNO/c1-20-17-9-7-14(18)10-13(17)11-15-8-6-12-4-2-3-5-16(12)19-15/h2-5,7,9-10,15,19H,6,8,11H2,1H3. The highest BCUT2D eigenvalue weighted by molar-refractivity contribution is 6.30. The molecule has 1 heterocycles. The third-order valence-electron chi connectivity index (χ3n) is 3.85. The van der Waals surface area contributed by atoms with Gasteiger partial charge in [-0.15, -0.1) is 0 Å². The zero-order valence-corrected chi connectivity index (χ0v) is 12.3. The van der Waals surface area contributed by atoms with Gasteiger partial charge >= 0.3 is 0 Å². The predicted molar refractivity (Wildman–Crippen MR) is 83.9 cm³/mol. The first kappa shape index (κ1) is 13.3. The lowest BCUT2D eigenvalue weighted by atomic mass is 9.93. The number of anilines is 1. The topological polar surface area (TPSA) is 21.3 Å². The Balaban J connectivity index is 1.78. The van der Waals surface area contributed by atoms with E-state index in [1.54, 1.807) is 7.11 Å². The number of nitrogens with one attached hydrogen (secondary N) is 1. The fourth-order valence-electron chi connectivity index (χ4n) is 2.83. The van der Waals surface area contributed by atoms with Gasteiger partial charge in [-0.25, -0.2) is 0 Å². The highest BCUT2D eigenvalue weighted by Crippen LogP contribution is 2.29. The summed E-state index contributed by atoms with van der Waals surface area (Å²) in [5.74, 6) is 0.912. The van der Waals surface area contributed by atoms with Gasteiger partial charge in [0.2, 0.25) is 0 Å². The number of ether oxygens (including phenoxy) is 1. The predicted octanol–water partition coefficient (Wildman–Crippen LogP) is 4.32. The van der Waals surface area contributed by atoms with Crippen molar-refractivity contribution >= 4 is 17.3 Å². The van der Waals surface area contributed by atoms with Crippen molar-refractivity contribution in [1.82, 2.24) is 0 Å². The van der Waals surface area contributed by atoms with Crippen molar-refractivity contribution in [2.75, 3.05) is 12.4 Å². The van der Waals surface area contributed by atoms with Crippen molar-refractivity contribution in [2.24, 2.45) is 0 Å². The molecule has 0 bridgehead atoms. The molecule has 0 aliphatic carbocycles. The number of hydrogen-bond acceptors (Lipinski definition) is 2. The average Bonchev–Trinajstić information content (AvgIpc) is 2.47. The number of aryl methyl sites for hydroxylation is 1. The zero-order valence-electron chi connectivity index (χ0n) is 11.5. The molecule has 0 radical (unpaired) electrons. The molecule has 0 saturated carbocycles. The summed E-state index contributed by atoms with van der Waals surface area (Å²) in [7, 11) is 1.70. The first-order valence-electron chi connectivity index (χ1n) is 6.93. The van der Waals surface area contributed by atoms with Crippen LogP contribution < -0.4 is 10.1 Å². The zero-order chi connectivity index (χ0) is 13.9. The normalized spacial score (nSPS) is 17.2. The Morgan fingerprint density at radius 1 is 1.25 bits per heavy atom. The van der Waals surface area contributed by atoms with E-state index in [0.717, 1.165) is 35.6 Å². The Morgan fingerprint density at radius 3 is 2.95 bits per heavy atom. The monoisotopic (exact) mass is 287 g/mol. The number of fused-ring (bicyclic) bond motifs is 1. The number of methoxy groups -OCH3 is 1. The SMILES string of the molecule is COc1ccc(Cl)cc1CC1CCc2ccccc2N1. The lowest BCUT2D eigenvalue weighted by Crippen LogP contribution is -2.27. The van der Waals surface area contributed by atoms with Crippen LogP contribution in [-0.2, 0) is 12.8 Å². The summed E-state index contributed by atoms with van der Waals surface area (Å²) < 4.78 is 5.42. The molecule has 0 saturated heterocycles. The summed E-state index contributed by atoms with van der Waals surface area (Å²) in [5, 5.41) is 4.38. The quantitative estimate of drug-likeness (QED) is 0.908. The maximum absolute atomic E-state index is 6.10. The molecule has 104 valence electrons. The van der Waals surface area contributed by atoms with Crippen LogP contribution in [0.4, 0.5) is 5.69 Å². The minimum absolute atomic E-state index is 0.428. The summed E-state index contributed by atoms with van der Waals surface area (Å²) in [6.07, 6.45) is 3.18. The van der Waals surface area contributed by atoms with Gasteiger partial charge in [0.25, 0.3) is 0 Å². The van der Waals surface area contributed by atoms with Gasteiger partial charge in [-0.05, 0) is 54.7 Å². The molecule has 3 heteroatoms. The molecular formula is C17H18ClNO. The molecule has 2 nitrogen and oxygen atoms in total. The van der Waals surface area contributed by atoms with Crippen molar-refractivity contribution in [2.45, 2.75) is 25.3 Å². The van der Waals surface area contributed by atoms with E-state index in [4.69, 9.17) is 16.3 Å². The van der Waals surface area contributed by atoms with E-state index >= 15 is 0 Å². The summed E-state index contributed by atoms with van der Waals surface area (Å²) in [5.41, 5.74) is 3.82. The van der Waals surface area contributed by atoms with Crippen molar-refractivity contribution in [3.05, 3.63) is 58.6 Å². The molecule has 3 rings (SSSR count). The summed E-state index contributed by atoms with van der Waals surface area (Å²) in [4.78, 5) is 0. The Bertz CT molecular complexity index is 612. The highest BCUT2D eigenvalue weighted by atomic mass is 35.5. The Labute approximate surface area is 124 Å². The Morgan fingerprint density at radius 2 is 2.10 bits per heavy atom. The molecule has 20 heavy (non-hydrogen) atoms. The van der Waals surface area contributed by atoms with Crippen LogP contribution in [0.1, 0.15) is 17.5 Å². The van der Waals surface area contributed by atoms with E-state index in [0.29, 0.717) is 6.04 Å². The second-order valence-electron chi connectivity index (χ2n) is 5.20. The van der Waals surface area contributed by atoms with E-state index in [1.807, 2.05) is 18.2 Å². The van der Waals surface area contributed by atoms with E-state index in [2.05, 4.69) is 29.6 Å². The maximum atomic E-state index is 6.10. The second-order valence-corrected chi connectivity index (χ2v) is 5.63. The van der Waals surface area contributed by atoms with Crippen LogP contribution >= 0.6 is 11.6 Å². The van der Waals surface area contributed by atoms with Crippen LogP contribution in [0.15, 0.2) is 42.5 Å². The van der Waals surface area contributed by atoms with Crippen LogP contribution in [0.25, 0.3) is 0 Å². The van der Waals surface area contributed by atoms with E-state index in [9.17, 15) is 0 Å². The molecule has 2 aromatic rings. The van der Waals surface area contributed by atoms with Crippen molar-refractivity contribution < 1.29 is 4.74 Å². The first-order chi connectivity index (χ1) is 9.76. The molecule has 0 spiro atoms. The lowest BCUT2D eigenvalue weighted by Gasteiger charge is -2.27. The van der Waals surface area contributed by atoms with Gasteiger partial charge in [0.1, 0.15) is 5.75 Å². The van der Waals surface area contributed by atoms with Gasteiger partial charge in [0, 0.05) is 16.8 Å². The molecule has 2 aromatic carbocycles. The minimum atomic E-state index is 0.428. The molecule has 1 unspecified atom stereocenters.